The Kier molecular flexibility index (Phi) is 5.27. The van der Waals surface area contributed by atoms with Gasteiger partial charge in [0, 0.05) is 11.3 Å². The number of nitrogens with one attached hydrogen (secondary N) is 1. The number of aryl methyl sites for hydroxylation is 2. The number of anilines is 1. The molecular weight excluding hydrogens is 290 g/mol. The fraction of sp³-hybridized carbons (Fsp3) is 0.316. The molecule has 0 saturated carbocycles. The highest BCUT2D eigenvalue weighted by atomic mass is 16.5. The molecular formula is C19H23NO3. The van der Waals surface area contributed by atoms with Crippen LogP contribution in [0.3, 0.4) is 0 Å². The molecule has 0 aliphatic rings. The Balaban J connectivity index is 2.22. The summed E-state index contributed by atoms with van der Waals surface area (Å²) in [6.07, 6.45) is 0.0406. The minimum atomic E-state index is -0.176. The van der Waals surface area contributed by atoms with Crippen molar-refractivity contribution in [1.82, 2.24) is 0 Å². The zero-order valence-corrected chi connectivity index (χ0v) is 14.3. The van der Waals surface area contributed by atoms with E-state index in [1.807, 2.05) is 39.8 Å². The van der Waals surface area contributed by atoms with Crippen molar-refractivity contribution in [2.45, 2.75) is 33.8 Å². The molecule has 0 spiro atoms. The Morgan fingerprint density at radius 1 is 1.00 bits per heavy atom. The third kappa shape index (κ3) is 4.49. The van der Waals surface area contributed by atoms with Gasteiger partial charge < -0.3 is 14.8 Å². The lowest BCUT2D eigenvalue weighted by Gasteiger charge is -2.14. The van der Waals surface area contributed by atoms with Crippen LogP contribution in [0, 0.1) is 13.8 Å². The smallest absolute Gasteiger partial charge is 0.255 e. The molecule has 0 aliphatic carbocycles. The Morgan fingerprint density at radius 2 is 1.65 bits per heavy atom. The Hall–Kier alpha value is -2.49. The summed E-state index contributed by atoms with van der Waals surface area (Å²) in [5.41, 5.74) is 3.53. The molecule has 2 aromatic carbocycles. The molecule has 122 valence electrons. The molecule has 0 saturated heterocycles. The van der Waals surface area contributed by atoms with Gasteiger partial charge in [-0.2, -0.15) is 0 Å². The van der Waals surface area contributed by atoms with Gasteiger partial charge in [0.2, 0.25) is 0 Å². The van der Waals surface area contributed by atoms with Gasteiger partial charge in [-0.25, -0.2) is 0 Å². The molecule has 0 aliphatic heterocycles. The van der Waals surface area contributed by atoms with Crippen molar-refractivity contribution in [1.29, 1.82) is 0 Å². The van der Waals surface area contributed by atoms with Crippen molar-refractivity contribution in [3.63, 3.8) is 0 Å². The maximum Gasteiger partial charge on any atom is 0.255 e. The Labute approximate surface area is 137 Å². The first-order valence-corrected chi connectivity index (χ1v) is 7.63. The topological polar surface area (TPSA) is 47.6 Å². The fourth-order valence-electron chi connectivity index (χ4n) is 2.41. The molecule has 2 rings (SSSR count). The molecule has 0 fully saturated rings. The van der Waals surface area contributed by atoms with Crippen molar-refractivity contribution in [2.75, 3.05) is 12.4 Å². The van der Waals surface area contributed by atoms with Gasteiger partial charge in [-0.05, 0) is 69.2 Å². The summed E-state index contributed by atoms with van der Waals surface area (Å²) >= 11 is 0. The molecule has 1 N–H and O–H groups in total. The lowest BCUT2D eigenvalue weighted by molar-refractivity contribution is 0.102. The van der Waals surface area contributed by atoms with Crippen LogP contribution in [-0.2, 0) is 0 Å². The third-order valence-corrected chi connectivity index (χ3v) is 3.27. The van der Waals surface area contributed by atoms with Crippen LogP contribution >= 0.6 is 0 Å². The molecule has 0 bridgehead atoms. The summed E-state index contributed by atoms with van der Waals surface area (Å²) in [6, 6.07) is 11.1. The summed E-state index contributed by atoms with van der Waals surface area (Å²) < 4.78 is 11.0. The second-order valence-corrected chi connectivity index (χ2v) is 5.86. The Morgan fingerprint density at radius 3 is 2.22 bits per heavy atom. The highest BCUT2D eigenvalue weighted by Crippen LogP contribution is 2.29. The normalized spacial score (nSPS) is 10.5. The largest absolute Gasteiger partial charge is 0.493 e. The van der Waals surface area contributed by atoms with E-state index in [1.54, 1.807) is 25.3 Å². The highest BCUT2D eigenvalue weighted by molar-refractivity contribution is 6.04. The predicted molar refractivity (Wildman–Crippen MR) is 92.6 cm³/mol. The van der Waals surface area contributed by atoms with Crippen molar-refractivity contribution in [3.8, 4) is 11.5 Å². The van der Waals surface area contributed by atoms with Gasteiger partial charge in [-0.15, -0.1) is 0 Å². The van der Waals surface area contributed by atoms with Crippen LogP contribution in [0.25, 0.3) is 0 Å². The summed E-state index contributed by atoms with van der Waals surface area (Å²) in [5, 5.41) is 2.92. The lowest BCUT2D eigenvalue weighted by Crippen LogP contribution is -2.13. The number of rotatable bonds is 5. The van der Waals surface area contributed by atoms with Crippen LogP contribution in [0.15, 0.2) is 36.4 Å². The predicted octanol–water partition coefficient (Wildman–Crippen LogP) is 4.35. The number of ether oxygens (including phenoxy) is 2. The second-order valence-electron chi connectivity index (χ2n) is 5.86. The van der Waals surface area contributed by atoms with E-state index in [4.69, 9.17) is 9.47 Å². The molecule has 0 unspecified atom stereocenters. The average Bonchev–Trinajstić information content (AvgIpc) is 2.45. The maximum absolute atomic E-state index is 12.4. The van der Waals surface area contributed by atoms with Crippen LogP contribution in [0.4, 0.5) is 5.69 Å². The third-order valence-electron chi connectivity index (χ3n) is 3.27. The van der Waals surface area contributed by atoms with Gasteiger partial charge in [-0.1, -0.05) is 6.07 Å². The van der Waals surface area contributed by atoms with E-state index in [1.165, 1.54) is 0 Å². The van der Waals surface area contributed by atoms with Gasteiger partial charge in [-0.3, -0.25) is 4.79 Å². The van der Waals surface area contributed by atoms with Crippen LogP contribution in [0.2, 0.25) is 0 Å². The molecule has 4 heteroatoms. The maximum atomic E-state index is 12.4. The zero-order valence-electron chi connectivity index (χ0n) is 14.3. The van der Waals surface area contributed by atoms with Gasteiger partial charge in [0.25, 0.3) is 5.91 Å². The summed E-state index contributed by atoms with van der Waals surface area (Å²) in [4.78, 5) is 12.4. The average molecular weight is 313 g/mol. The Bertz CT molecular complexity index is 688. The number of amides is 1. The standard InChI is InChI=1S/C19H23NO3/c1-12(2)23-17-7-6-15(11-18(17)22-5)19(21)20-16-9-13(3)8-14(4)10-16/h6-12H,1-5H3,(H,20,21). The van der Waals surface area contributed by atoms with E-state index in [0.29, 0.717) is 17.1 Å². The number of benzene rings is 2. The van der Waals surface area contributed by atoms with E-state index >= 15 is 0 Å². The fourth-order valence-corrected chi connectivity index (χ4v) is 2.41. The zero-order chi connectivity index (χ0) is 17.0. The summed E-state index contributed by atoms with van der Waals surface area (Å²) in [7, 11) is 1.56. The molecule has 1 amide bonds. The van der Waals surface area contributed by atoms with Crippen LogP contribution < -0.4 is 14.8 Å². The number of hydrogen-bond acceptors (Lipinski definition) is 3. The van der Waals surface area contributed by atoms with Crippen molar-refractivity contribution in [3.05, 3.63) is 53.1 Å². The van der Waals surface area contributed by atoms with Crippen LogP contribution in [-0.4, -0.2) is 19.1 Å². The first-order chi connectivity index (χ1) is 10.9. The lowest BCUT2D eigenvalue weighted by atomic mass is 10.1. The molecule has 0 heterocycles. The first kappa shape index (κ1) is 16.9. The van der Waals surface area contributed by atoms with Gasteiger partial charge in [0.15, 0.2) is 11.5 Å². The van der Waals surface area contributed by atoms with Crippen LogP contribution in [0.1, 0.15) is 35.3 Å². The van der Waals surface area contributed by atoms with Crippen LogP contribution in [0.5, 0.6) is 11.5 Å². The van der Waals surface area contributed by atoms with Gasteiger partial charge >= 0.3 is 0 Å². The van der Waals surface area contributed by atoms with Gasteiger partial charge in [0.1, 0.15) is 0 Å². The van der Waals surface area contributed by atoms with Gasteiger partial charge in [0.05, 0.1) is 13.2 Å². The number of hydrogen-bond donors (Lipinski definition) is 1. The molecule has 0 atom stereocenters. The number of carbonyl (C=O) groups excluding carboxylic acids is 1. The summed E-state index contributed by atoms with van der Waals surface area (Å²) in [5.74, 6) is 1.00. The van der Waals surface area contributed by atoms with Crippen molar-refractivity contribution >= 4 is 11.6 Å². The van der Waals surface area contributed by atoms with E-state index in [9.17, 15) is 4.79 Å². The molecule has 4 nitrogen and oxygen atoms in total. The van der Waals surface area contributed by atoms with E-state index < -0.39 is 0 Å². The van der Waals surface area contributed by atoms with E-state index in [2.05, 4.69) is 11.4 Å². The minimum Gasteiger partial charge on any atom is -0.493 e. The first-order valence-electron chi connectivity index (χ1n) is 7.63. The number of carbonyl (C=O) groups is 1. The molecule has 0 radical (unpaired) electrons. The van der Waals surface area contributed by atoms with Crippen molar-refractivity contribution in [2.24, 2.45) is 0 Å². The quantitative estimate of drug-likeness (QED) is 0.892. The SMILES string of the molecule is COc1cc(C(=O)Nc2cc(C)cc(C)c2)ccc1OC(C)C. The monoisotopic (exact) mass is 313 g/mol. The molecule has 23 heavy (non-hydrogen) atoms. The van der Waals surface area contributed by atoms with E-state index in [-0.39, 0.29) is 12.0 Å². The minimum absolute atomic E-state index is 0.0406. The number of methoxy groups -OCH3 is 1. The second kappa shape index (κ2) is 7.18. The summed E-state index contributed by atoms with van der Waals surface area (Å²) in [6.45, 7) is 7.90. The van der Waals surface area contributed by atoms with E-state index in [0.717, 1.165) is 16.8 Å². The molecule has 2 aromatic rings. The molecule has 0 aromatic heterocycles. The van der Waals surface area contributed by atoms with Crippen molar-refractivity contribution < 1.29 is 14.3 Å². The highest BCUT2D eigenvalue weighted by Gasteiger charge is 2.12.